The van der Waals surface area contributed by atoms with Crippen LogP contribution in [0.2, 0.25) is 0 Å². The molecule has 1 aliphatic heterocycles. The third-order valence-electron chi connectivity index (χ3n) is 3.50. The molecule has 2 nitrogen and oxygen atoms in total. The van der Waals surface area contributed by atoms with Crippen LogP contribution in [-0.4, -0.2) is 19.2 Å². The van der Waals surface area contributed by atoms with E-state index in [1.807, 2.05) is 0 Å². The van der Waals surface area contributed by atoms with Crippen LogP contribution in [0.15, 0.2) is 30.3 Å². The maximum absolute atomic E-state index is 5.92. The molecule has 0 atom stereocenters. The van der Waals surface area contributed by atoms with Crippen LogP contribution in [-0.2, 0) is 0 Å². The highest BCUT2D eigenvalue weighted by Gasteiger charge is 2.07. The van der Waals surface area contributed by atoms with Crippen LogP contribution >= 0.6 is 0 Å². The van der Waals surface area contributed by atoms with Crippen molar-refractivity contribution >= 4 is 5.57 Å². The molecule has 0 saturated heterocycles. The molecule has 0 radical (unpaired) electrons. The summed E-state index contributed by atoms with van der Waals surface area (Å²) in [7, 11) is 0. The van der Waals surface area contributed by atoms with Crippen molar-refractivity contribution in [2.45, 2.75) is 39.2 Å². The van der Waals surface area contributed by atoms with Crippen LogP contribution in [0, 0.1) is 0 Å². The van der Waals surface area contributed by atoms with E-state index in [0.717, 1.165) is 38.1 Å². The van der Waals surface area contributed by atoms with Crippen LogP contribution in [0.25, 0.3) is 5.57 Å². The Morgan fingerprint density at radius 3 is 2.44 bits per heavy atom. The number of hydrogen-bond donors (Lipinski definition) is 1. The molecule has 0 amide bonds. The summed E-state index contributed by atoms with van der Waals surface area (Å²) in [5.41, 5.74) is 2.77. The molecule has 2 rings (SSSR count). The molecule has 0 spiro atoms. The first-order chi connectivity index (χ1) is 8.83. The Hall–Kier alpha value is -1.28. The fraction of sp³-hybridized carbons (Fsp3) is 0.500. The fourth-order valence-corrected chi connectivity index (χ4v) is 2.28. The third kappa shape index (κ3) is 3.36. The van der Waals surface area contributed by atoms with Crippen LogP contribution in [0.1, 0.15) is 38.7 Å². The first-order valence-corrected chi connectivity index (χ1v) is 7.00. The van der Waals surface area contributed by atoms with Gasteiger partial charge in [-0.15, -0.1) is 0 Å². The van der Waals surface area contributed by atoms with Gasteiger partial charge in [0.25, 0.3) is 0 Å². The first kappa shape index (κ1) is 13.2. The molecular weight excluding hydrogens is 222 g/mol. The summed E-state index contributed by atoms with van der Waals surface area (Å²) in [6, 6.07) is 8.54. The molecule has 0 saturated carbocycles. The molecule has 1 aromatic rings. The first-order valence-electron chi connectivity index (χ1n) is 7.00. The quantitative estimate of drug-likeness (QED) is 0.855. The van der Waals surface area contributed by atoms with Gasteiger partial charge in [0.15, 0.2) is 0 Å². The van der Waals surface area contributed by atoms with Gasteiger partial charge in [-0.3, -0.25) is 0 Å². The Labute approximate surface area is 110 Å². The minimum Gasteiger partial charge on any atom is -0.490 e. The molecule has 1 N–H and O–H groups in total. The molecule has 98 valence electrons. The van der Waals surface area contributed by atoms with Crippen molar-refractivity contribution in [3.05, 3.63) is 35.9 Å². The summed E-state index contributed by atoms with van der Waals surface area (Å²) >= 11 is 0. The summed E-state index contributed by atoms with van der Waals surface area (Å²) in [5.74, 6) is 0.988. The molecule has 1 heterocycles. The number of rotatable bonds is 5. The summed E-state index contributed by atoms with van der Waals surface area (Å²) in [6.45, 7) is 6.41. The van der Waals surface area contributed by atoms with Crippen molar-refractivity contribution in [2.24, 2.45) is 0 Å². The van der Waals surface area contributed by atoms with E-state index in [2.05, 4.69) is 49.5 Å². The highest BCUT2D eigenvalue weighted by Crippen LogP contribution is 2.23. The standard InChI is InChI=1S/C16H23NO/c1-3-15(4-2)18-16-7-5-13(6-8-16)14-9-11-17-12-10-14/h5-9,15,17H,3-4,10-12H2,1-2H3. The maximum atomic E-state index is 5.92. The van der Waals surface area contributed by atoms with Gasteiger partial charge in [-0.05, 0) is 49.1 Å². The number of ether oxygens (including phenoxy) is 1. The second-order valence-electron chi connectivity index (χ2n) is 4.76. The van der Waals surface area contributed by atoms with E-state index in [0.29, 0.717) is 6.10 Å². The minimum absolute atomic E-state index is 0.342. The topological polar surface area (TPSA) is 21.3 Å². The van der Waals surface area contributed by atoms with Crippen LogP contribution in [0.3, 0.4) is 0 Å². The van der Waals surface area contributed by atoms with Gasteiger partial charge in [0.05, 0.1) is 6.10 Å². The van der Waals surface area contributed by atoms with E-state index >= 15 is 0 Å². The molecule has 1 aliphatic rings. The van der Waals surface area contributed by atoms with Gasteiger partial charge in [0.1, 0.15) is 5.75 Å². The van der Waals surface area contributed by atoms with Crippen LogP contribution in [0.5, 0.6) is 5.75 Å². The van der Waals surface area contributed by atoms with Crippen molar-refractivity contribution in [3.63, 3.8) is 0 Å². The molecule has 2 heteroatoms. The van der Waals surface area contributed by atoms with Gasteiger partial charge in [0, 0.05) is 6.54 Å². The number of nitrogens with one attached hydrogen (secondary N) is 1. The van der Waals surface area contributed by atoms with Crippen molar-refractivity contribution in [2.75, 3.05) is 13.1 Å². The zero-order valence-corrected chi connectivity index (χ0v) is 11.4. The third-order valence-corrected chi connectivity index (χ3v) is 3.50. The Balaban J connectivity index is 2.03. The second-order valence-corrected chi connectivity index (χ2v) is 4.76. The Kier molecular flexibility index (Phi) is 4.82. The Morgan fingerprint density at radius 2 is 1.89 bits per heavy atom. The zero-order chi connectivity index (χ0) is 12.8. The molecule has 1 aromatic carbocycles. The smallest absolute Gasteiger partial charge is 0.119 e. The Morgan fingerprint density at radius 1 is 1.17 bits per heavy atom. The monoisotopic (exact) mass is 245 g/mol. The van der Waals surface area contributed by atoms with E-state index in [9.17, 15) is 0 Å². The fourth-order valence-electron chi connectivity index (χ4n) is 2.28. The van der Waals surface area contributed by atoms with Crippen LogP contribution in [0.4, 0.5) is 0 Å². The summed E-state index contributed by atoms with van der Waals surface area (Å²) in [5, 5.41) is 3.34. The SMILES string of the molecule is CCC(CC)Oc1ccc(C2=CCNCC2)cc1. The molecular formula is C16H23NO. The summed E-state index contributed by atoms with van der Waals surface area (Å²) in [6.07, 6.45) is 5.87. The lowest BCUT2D eigenvalue weighted by molar-refractivity contribution is 0.193. The number of hydrogen-bond acceptors (Lipinski definition) is 2. The van der Waals surface area contributed by atoms with Gasteiger partial charge in [-0.25, -0.2) is 0 Å². The van der Waals surface area contributed by atoms with Crippen molar-refractivity contribution < 1.29 is 4.74 Å². The van der Waals surface area contributed by atoms with Crippen molar-refractivity contribution in [1.29, 1.82) is 0 Å². The van der Waals surface area contributed by atoms with Crippen molar-refractivity contribution in [1.82, 2.24) is 5.32 Å². The zero-order valence-electron chi connectivity index (χ0n) is 11.4. The molecule has 18 heavy (non-hydrogen) atoms. The van der Waals surface area contributed by atoms with Gasteiger partial charge in [0.2, 0.25) is 0 Å². The predicted octanol–water partition coefficient (Wildman–Crippen LogP) is 3.63. The van der Waals surface area contributed by atoms with Gasteiger partial charge in [-0.1, -0.05) is 32.1 Å². The molecule has 0 bridgehead atoms. The van der Waals surface area contributed by atoms with Crippen LogP contribution < -0.4 is 10.1 Å². The second kappa shape index (κ2) is 6.60. The largest absolute Gasteiger partial charge is 0.490 e. The lowest BCUT2D eigenvalue weighted by Crippen LogP contribution is -2.20. The van der Waals surface area contributed by atoms with E-state index in [1.165, 1.54) is 11.1 Å². The van der Waals surface area contributed by atoms with E-state index in [-0.39, 0.29) is 0 Å². The molecule has 0 aromatic heterocycles. The maximum Gasteiger partial charge on any atom is 0.119 e. The van der Waals surface area contributed by atoms with E-state index in [1.54, 1.807) is 0 Å². The average molecular weight is 245 g/mol. The molecule has 0 fully saturated rings. The predicted molar refractivity (Wildman–Crippen MR) is 76.9 cm³/mol. The summed E-state index contributed by atoms with van der Waals surface area (Å²) in [4.78, 5) is 0. The summed E-state index contributed by atoms with van der Waals surface area (Å²) < 4.78 is 5.92. The molecule has 0 unspecified atom stereocenters. The van der Waals surface area contributed by atoms with Crippen molar-refractivity contribution in [3.8, 4) is 5.75 Å². The number of benzene rings is 1. The lowest BCUT2D eigenvalue weighted by atomic mass is 10.0. The molecule has 0 aliphatic carbocycles. The highest BCUT2D eigenvalue weighted by molar-refractivity contribution is 5.67. The van der Waals surface area contributed by atoms with E-state index < -0.39 is 0 Å². The lowest BCUT2D eigenvalue weighted by Gasteiger charge is -2.17. The average Bonchev–Trinajstić information content (AvgIpc) is 2.46. The van der Waals surface area contributed by atoms with Gasteiger partial charge < -0.3 is 10.1 Å². The normalized spacial score (nSPS) is 15.6. The highest BCUT2D eigenvalue weighted by atomic mass is 16.5. The van der Waals surface area contributed by atoms with Gasteiger partial charge in [-0.2, -0.15) is 0 Å². The minimum atomic E-state index is 0.342. The Bertz CT molecular complexity index is 390. The van der Waals surface area contributed by atoms with Gasteiger partial charge >= 0.3 is 0 Å². The van der Waals surface area contributed by atoms with E-state index in [4.69, 9.17) is 4.74 Å².